The van der Waals surface area contributed by atoms with Gasteiger partial charge in [-0.1, -0.05) is 6.07 Å². The SMILES string of the molecule is COc1cc(CNCCCn2nc(C)cc2C)ccc1OCC(N)=O. The normalized spacial score (nSPS) is 10.7. The van der Waals surface area contributed by atoms with Gasteiger partial charge < -0.3 is 20.5 Å². The first-order chi connectivity index (χ1) is 12.0. The lowest BCUT2D eigenvalue weighted by Crippen LogP contribution is -2.20. The fourth-order valence-corrected chi connectivity index (χ4v) is 2.58. The minimum atomic E-state index is -0.518. The van der Waals surface area contributed by atoms with E-state index in [1.165, 1.54) is 5.69 Å². The molecule has 0 radical (unpaired) electrons. The Labute approximate surface area is 148 Å². The van der Waals surface area contributed by atoms with Crippen LogP contribution in [0.5, 0.6) is 11.5 Å². The molecule has 0 spiro atoms. The van der Waals surface area contributed by atoms with Crippen molar-refractivity contribution >= 4 is 5.91 Å². The Kier molecular flexibility index (Phi) is 6.82. The van der Waals surface area contributed by atoms with Gasteiger partial charge in [0.2, 0.25) is 0 Å². The van der Waals surface area contributed by atoms with Gasteiger partial charge in [0.1, 0.15) is 0 Å². The Bertz CT molecular complexity index is 712. The van der Waals surface area contributed by atoms with Crippen molar-refractivity contribution in [2.45, 2.75) is 33.4 Å². The van der Waals surface area contributed by atoms with Crippen LogP contribution in [-0.2, 0) is 17.9 Å². The number of primary amides is 1. The monoisotopic (exact) mass is 346 g/mol. The number of methoxy groups -OCH3 is 1. The zero-order valence-corrected chi connectivity index (χ0v) is 15.0. The van der Waals surface area contributed by atoms with Gasteiger partial charge in [-0.05, 0) is 50.6 Å². The molecule has 25 heavy (non-hydrogen) atoms. The van der Waals surface area contributed by atoms with Gasteiger partial charge in [-0.15, -0.1) is 0 Å². The minimum absolute atomic E-state index is 0.166. The van der Waals surface area contributed by atoms with Crippen molar-refractivity contribution in [3.8, 4) is 11.5 Å². The summed E-state index contributed by atoms with van der Waals surface area (Å²) >= 11 is 0. The number of nitrogens with one attached hydrogen (secondary N) is 1. The third kappa shape index (κ3) is 5.79. The molecular weight excluding hydrogens is 320 g/mol. The number of hydrogen-bond acceptors (Lipinski definition) is 5. The van der Waals surface area contributed by atoms with Crippen molar-refractivity contribution in [3.63, 3.8) is 0 Å². The second-order valence-corrected chi connectivity index (χ2v) is 5.92. The zero-order valence-electron chi connectivity index (χ0n) is 15.0. The molecule has 2 rings (SSSR count). The molecule has 0 fully saturated rings. The highest BCUT2D eigenvalue weighted by Gasteiger charge is 2.07. The van der Waals surface area contributed by atoms with Crippen LogP contribution in [-0.4, -0.2) is 35.9 Å². The van der Waals surface area contributed by atoms with Crippen LogP contribution in [0.2, 0.25) is 0 Å². The van der Waals surface area contributed by atoms with E-state index in [1.807, 2.05) is 23.7 Å². The van der Waals surface area contributed by atoms with Crippen LogP contribution < -0.4 is 20.5 Å². The molecule has 0 saturated carbocycles. The Hall–Kier alpha value is -2.54. The lowest BCUT2D eigenvalue weighted by molar-refractivity contribution is -0.119. The van der Waals surface area contributed by atoms with Gasteiger partial charge in [-0.2, -0.15) is 5.10 Å². The van der Waals surface area contributed by atoms with Crippen LogP contribution in [0, 0.1) is 13.8 Å². The molecule has 136 valence electrons. The molecule has 0 bridgehead atoms. The topological polar surface area (TPSA) is 91.4 Å². The fourth-order valence-electron chi connectivity index (χ4n) is 2.58. The van der Waals surface area contributed by atoms with Crippen molar-refractivity contribution in [1.82, 2.24) is 15.1 Å². The average molecular weight is 346 g/mol. The molecule has 1 amide bonds. The third-order valence-electron chi connectivity index (χ3n) is 3.75. The van der Waals surface area contributed by atoms with Gasteiger partial charge >= 0.3 is 0 Å². The second kappa shape index (κ2) is 9.08. The van der Waals surface area contributed by atoms with Crippen LogP contribution in [0.15, 0.2) is 24.3 Å². The van der Waals surface area contributed by atoms with Crippen molar-refractivity contribution < 1.29 is 14.3 Å². The zero-order chi connectivity index (χ0) is 18.2. The van der Waals surface area contributed by atoms with Gasteiger partial charge in [-0.25, -0.2) is 0 Å². The average Bonchev–Trinajstić information content (AvgIpc) is 2.90. The first kappa shape index (κ1) is 18.8. The fraction of sp³-hybridized carbons (Fsp3) is 0.444. The van der Waals surface area contributed by atoms with Crippen LogP contribution >= 0.6 is 0 Å². The summed E-state index contributed by atoms with van der Waals surface area (Å²) in [5.41, 5.74) is 8.41. The van der Waals surface area contributed by atoms with Crippen LogP contribution in [0.25, 0.3) is 0 Å². The van der Waals surface area contributed by atoms with Gasteiger partial charge in [-0.3, -0.25) is 9.48 Å². The molecule has 0 aliphatic heterocycles. The van der Waals surface area contributed by atoms with Crippen LogP contribution in [0.1, 0.15) is 23.4 Å². The summed E-state index contributed by atoms with van der Waals surface area (Å²) in [6.45, 7) is 6.42. The van der Waals surface area contributed by atoms with Crippen molar-refractivity contribution in [2.75, 3.05) is 20.3 Å². The number of rotatable bonds is 10. The smallest absolute Gasteiger partial charge is 0.255 e. The first-order valence-electron chi connectivity index (χ1n) is 8.29. The number of nitrogens with two attached hydrogens (primary N) is 1. The predicted molar refractivity (Wildman–Crippen MR) is 95.7 cm³/mol. The molecule has 0 aliphatic rings. The number of carbonyl (C=O) groups is 1. The molecule has 1 aromatic heterocycles. The van der Waals surface area contributed by atoms with Gasteiger partial charge in [0.05, 0.1) is 12.8 Å². The number of ether oxygens (including phenoxy) is 2. The largest absolute Gasteiger partial charge is 0.493 e. The summed E-state index contributed by atoms with van der Waals surface area (Å²) in [5, 5.41) is 7.86. The summed E-state index contributed by atoms with van der Waals surface area (Å²) < 4.78 is 12.7. The number of aryl methyl sites for hydroxylation is 3. The highest BCUT2D eigenvalue weighted by molar-refractivity contribution is 5.75. The summed E-state index contributed by atoms with van der Waals surface area (Å²) in [5.74, 6) is 0.577. The molecule has 0 unspecified atom stereocenters. The number of benzene rings is 1. The summed E-state index contributed by atoms with van der Waals surface area (Å²) in [6, 6.07) is 7.70. The number of amides is 1. The maximum Gasteiger partial charge on any atom is 0.255 e. The first-order valence-corrected chi connectivity index (χ1v) is 8.29. The molecule has 7 nitrogen and oxygen atoms in total. The number of nitrogens with zero attached hydrogens (tertiary/aromatic N) is 2. The lowest BCUT2D eigenvalue weighted by Gasteiger charge is -2.12. The van der Waals surface area contributed by atoms with E-state index < -0.39 is 5.91 Å². The molecule has 0 aliphatic carbocycles. The molecule has 7 heteroatoms. The second-order valence-electron chi connectivity index (χ2n) is 5.92. The summed E-state index contributed by atoms with van der Waals surface area (Å²) in [6.07, 6.45) is 0.999. The van der Waals surface area contributed by atoms with E-state index >= 15 is 0 Å². The standard InChI is InChI=1S/C18H26N4O3/c1-13-9-14(2)22(21-13)8-4-7-20-11-15-5-6-16(17(10-15)24-3)25-12-18(19)23/h5-6,9-10,20H,4,7-8,11-12H2,1-3H3,(H2,19,23). The Morgan fingerprint density at radius 1 is 1.28 bits per heavy atom. The molecule has 1 aromatic carbocycles. The molecule has 0 atom stereocenters. The van der Waals surface area contributed by atoms with E-state index in [-0.39, 0.29) is 6.61 Å². The van der Waals surface area contributed by atoms with Gasteiger partial charge in [0.15, 0.2) is 18.1 Å². The van der Waals surface area contributed by atoms with E-state index in [0.29, 0.717) is 11.5 Å². The van der Waals surface area contributed by atoms with E-state index in [1.54, 1.807) is 13.2 Å². The highest BCUT2D eigenvalue weighted by Crippen LogP contribution is 2.27. The van der Waals surface area contributed by atoms with E-state index in [2.05, 4.69) is 23.4 Å². The van der Waals surface area contributed by atoms with E-state index in [4.69, 9.17) is 15.2 Å². The number of hydrogen-bond donors (Lipinski definition) is 2. The highest BCUT2D eigenvalue weighted by atomic mass is 16.5. The number of carbonyl (C=O) groups excluding carboxylic acids is 1. The number of aromatic nitrogens is 2. The van der Waals surface area contributed by atoms with Crippen LogP contribution in [0.4, 0.5) is 0 Å². The lowest BCUT2D eigenvalue weighted by atomic mass is 10.2. The van der Waals surface area contributed by atoms with Crippen LogP contribution in [0.3, 0.4) is 0 Å². The van der Waals surface area contributed by atoms with E-state index in [9.17, 15) is 4.79 Å². The molecule has 1 heterocycles. The van der Waals surface area contributed by atoms with E-state index in [0.717, 1.165) is 37.3 Å². The van der Waals surface area contributed by atoms with Crippen molar-refractivity contribution in [2.24, 2.45) is 5.73 Å². The maximum absolute atomic E-state index is 10.8. The van der Waals surface area contributed by atoms with Crippen molar-refractivity contribution in [3.05, 3.63) is 41.2 Å². The van der Waals surface area contributed by atoms with Gasteiger partial charge in [0, 0.05) is 18.8 Å². The maximum atomic E-state index is 10.8. The Morgan fingerprint density at radius 2 is 2.08 bits per heavy atom. The molecular formula is C18H26N4O3. The quantitative estimate of drug-likeness (QED) is 0.637. The molecule has 0 saturated heterocycles. The minimum Gasteiger partial charge on any atom is -0.493 e. The van der Waals surface area contributed by atoms with Gasteiger partial charge in [0.25, 0.3) is 5.91 Å². The molecule has 2 aromatic rings. The third-order valence-corrected chi connectivity index (χ3v) is 3.75. The Balaban J connectivity index is 1.78. The van der Waals surface area contributed by atoms with Crippen molar-refractivity contribution in [1.29, 1.82) is 0 Å². The molecule has 3 N–H and O–H groups in total. The summed E-state index contributed by atoms with van der Waals surface area (Å²) in [4.78, 5) is 10.8. The predicted octanol–water partition coefficient (Wildman–Crippen LogP) is 1.55. The Morgan fingerprint density at radius 3 is 2.72 bits per heavy atom. The summed E-state index contributed by atoms with van der Waals surface area (Å²) in [7, 11) is 1.57.